The number of unbranched alkanes of at least 4 members (excludes halogenated alkanes) is 2. The summed E-state index contributed by atoms with van der Waals surface area (Å²) in [5.41, 5.74) is 0.688. The van der Waals surface area contributed by atoms with Gasteiger partial charge in [0.2, 0.25) is 21.8 Å². The topological polar surface area (TPSA) is 164 Å². The third-order valence-corrected chi connectivity index (χ3v) is 11.9. The molecule has 0 saturated heterocycles. The monoisotopic (exact) mass is 697 g/mol. The summed E-state index contributed by atoms with van der Waals surface area (Å²) in [4.78, 5) is 60.1. The van der Waals surface area contributed by atoms with Gasteiger partial charge in [-0.3, -0.25) is 24.4 Å². The first-order valence-corrected chi connectivity index (χ1v) is 18.7. The van der Waals surface area contributed by atoms with Crippen LogP contribution in [0.4, 0.5) is 10.5 Å². The van der Waals surface area contributed by atoms with Crippen LogP contribution in [0, 0.1) is 24.7 Å². The molecule has 48 heavy (non-hydrogen) atoms. The number of aryl methyl sites for hydroxylation is 1. The fourth-order valence-corrected chi connectivity index (χ4v) is 8.35. The van der Waals surface area contributed by atoms with Crippen LogP contribution >= 0.6 is 11.3 Å². The lowest BCUT2D eigenvalue weighted by Crippen LogP contribution is -2.54. The zero-order valence-electron chi connectivity index (χ0n) is 27.3. The van der Waals surface area contributed by atoms with Crippen molar-refractivity contribution in [1.82, 2.24) is 19.9 Å². The van der Waals surface area contributed by atoms with Crippen LogP contribution in [0.3, 0.4) is 0 Å². The predicted octanol–water partition coefficient (Wildman–Crippen LogP) is 4.55. The highest BCUT2D eigenvalue weighted by atomic mass is 32.2. The van der Waals surface area contributed by atoms with E-state index in [1.807, 2.05) is 36.6 Å². The molecule has 1 aromatic carbocycles. The first-order valence-electron chi connectivity index (χ1n) is 16.2. The van der Waals surface area contributed by atoms with Crippen LogP contribution in [0.5, 0.6) is 0 Å². The van der Waals surface area contributed by atoms with Crippen molar-refractivity contribution < 1.29 is 32.3 Å². The lowest BCUT2D eigenvalue weighted by Gasteiger charge is -2.26. The Morgan fingerprint density at radius 2 is 1.90 bits per heavy atom. The lowest BCUT2D eigenvalue weighted by molar-refractivity contribution is -0.140. The van der Waals surface area contributed by atoms with Crippen molar-refractivity contribution in [2.75, 3.05) is 18.9 Å². The highest BCUT2D eigenvalue weighted by Gasteiger charge is 2.62. The first-order chi connectivity index (χ1) is 22.9. The fourth-order valence-electron chi connectivity index (χ4n) is 6.30. The van der Waals surface area contributed by atoms with E-state index in [1.165, 1.54) is 17.4 Å². The standard InChI is InChI=1S/C34H43N5O7S2/c1-5-7-8-9-15-39(4)31(41)27-19-23(46-33(43)36-28-17-21(3)10-13-25(28)30-35-14-16-47-30)18-26(27)29(40)37-34(20-22(34)6-2)32(42)38-48(44,45)24-11-12-24/h5-6,10,13-14,16-17,22-24,26-27H,1-2,7-9,11-12,15,18-20H2,3-4H3,(H,36,43)(H,37,40)(H,38,42). The maximum absolute atomic E-state index is 13.9. The predicted molar refractivity (Wildman–Crippen MR) is 183 cm³/mol. The van der Waals surface area contributed by atoms with Gasteiger partial charge in [-0.1, -0.05) is 18.2 Å². The number of anilines is 1. The van der Waals surface area contributed by atoms with E-state index in [0.29, 0.717) is 25.1 Å². The van der Waals surface area contributed by atoms with Gasteiger partial charge in [0, 0.05) is 36.7 Å². The minimum Gasteiger partial charge on any atom is -0.446 e. The summed E-state index contributed by atoms with van der Waals surface area (Å²) >= 11 is 1.43. The van der Waals surface area contributed by atoms with E-state index < -0.39 is 62.6 Å². The number of hydrogen-bond donors (Lipinski definition) is 3. The average Bonchev–Trinajstić information content (AvgIpc) is 3.92. The number of carbonyl (C=O) groups is 4. The second-order valence-corrected chi connectivity index (χ2v) is 15.8. The van der Waals surface area contributed by atoms with Gasteiger partial charge >= 0.3 is 6.09 Å². The van der Waals surface area contributed by atoms with Gasteiger partial charge in [0.15, 0.2) is 0 Å². The van der Waals surface area contributed by atoms with Crippen molar-refractivity contribution in [3.63, 3.8) is 0 Å². The number of aromatic nitrogens is 1. The van der Waals surface area contributed by atoms with Gasteiger partial charge < -0.3 is 15.0 Å². The van der Waals surface area contributed by atoms with Gasteiger partial charge in [-0.25, -0.2) is 18.2 Å². The summed E-state index contributed by atoms with van der Waals surface area (Å²) < 4.78 is 33.1. The average molecular weight is 698 g/mol. The molecule has 3 N–H and O–H groups in total. The Balaban J connectivity index is 1.31. The van der Waals surface area contributed by atoms with Crippen molar-refractivity contribution >= 4 is 50.9 Å². The van der Waals surface area contributed by atoms with Gasteiger partial charge in [0.25, 0.3) is 5.91 Å². The number of ether oxygens (including phenoxy) is 1. The number of benzene rings is 1. The molecule has 4 amide bonds. The Kier molecular flexibility index (Phi) is 10.7. The first kappa shape index (κ1) is 35.3. The minimum absolute atomic E-state index is 0.0456. The van der Waals surface area contributed by atoms with Crippen molar-refractivity contribution in [2.45, 2.75) is 75.2 Å². The maximum Gasteiger partial charge on any atom is 0.411 e. The van der Waals surface area contributed by atoms with Gasteiger partial charge in [-0.15, -0.1) is 24.5 Å². The molecule has 5 rings (SSSR count). The smallest absolute Gasteiger partial charge is 0.411 e. The number of nitrogens with one attached hydrogen (secondary N) is 3. The zero-order valence-corrected chi connectivity index (χ0v) is 28.9. The molecule has 2 aromatic rings. The molecule has 258 valence electrons. The summed E-state index contributed by atoms with van der Waals surface area (Å²) in [6, 6.07) is 5.61. The van der Waals surface area contributed by atoms with Crippen molar-refractivity contribution in [2.24, 2.45) is 17.8 Å². The van der Waals surface area contributed by atoms with Gasteiger partial charge in [-0.2, -0.15) is 0 Å². The SMILES string of the molecule is C=CCCCCN(C)C(=O)C1CC(OC(=O)Nc2cc(C)ccc2-c2nccs2)CC1C(=O)NC1(C(=O)NS(=O)(=O)C2CC2)CC1C=C. The van der Waals surface area contributed by atoms with Gasteiger partial charge in [0.1, 0.15) is 16.7 Å². The van der Waals surface area contributed by atoms with Crippen LogP contribution in [-0.2, 0) is 29.1 Å². The summed E-state index contributed by atoms with van der Waals surface area (Å²) in [6.07, 6.45) is 7.22. The summed E-state index contributed by atoms with van der Waals surface area (Å²) in [5, 5.41) is 7.55. The van der Waals surface area contributed by atoms with Gasteiger partial charge in [0.05, 0.1) is 22.8 Å². The zero-order chi connectivity index (χ0) is 34.6. The largest absolute Gasteiger partial charge is 0.446 e. The molecule has 0 aliphatic heterocycles. The van der Waals surface area contributed by atoms with E-state index in [4.69, 9.17) is 4.74 Å². The fraction of sp³-hybridized carbons (Fsp3) is 0.500. The third-order valence-electron chi connectivity index (χ3n) is 9.30. The Labute approximate surface area is 285 Å². The van der Waals surface area contributed by atoms with Crippen LogP contribution in [0.2, 0.25) is 0 Å². The molecule has 3 aliphatic rings. The van der Waals surface area contributed by atoms with Crippen LogP contribution in [0.15, 0.2) is 55.1 Å². The Bertz CT molecular complexity index is 1670. The number of hydrogen-bond acceptors (Lipinski definition) is 9. The number of sulfonamides is 1. The number of allylic oxidation sites excluding steroid dienone is 1. The van der Waals surface area contributed by atoms with E-state index in [-0.39, 0.29) is 25.2 Å². The van der Waals surface area contributed by atoms with Crippen LogP contribution < -0.4 is 15.4 Å². The molecule has 5 atom stereocenters. The van der Waals surface area contributed by atoms with Crippen LogP contribution in [0.25, 0.3) is 10.6 Å². The molecule has 3 fully saturated rings. The van der Waals surface area contributed by atoms with E-state index in [9.17, 15) is 27.6 Å². The number of thiazole rings is 1. The Morgan fingerprint density at radius 3 is 2.54 bits per heavy atom. The maximum atomic E-state index is 13.9. The molecule has 5 unspecified atom stereocenters. The van der Waals surface area contributed by atoms with Crippen molar-refractivity contribution in [3.8, 4) is 10.6 Å². The molecule has 3 saturated carbocycles. The van der Waals surface area contributed by atoms with E-state index in [1.54, 1.807) is 18.1 Å². The van der Waals surface area contributed by atoms with E-state index in [2.05, 4.69) is 33.5 Å². The lowest BCUT2D eigenvalue weighted by atomic mass is 9.93. The second kappa shape index (κ2) is 14.6. The molecule has 14 heteroatoms. The molecule has 3 aliphatic carbocycles. The normalized spacial score (nSPS) is 24.6. The second-order valence-electron chi connectivity index (χ2n) is 12.9. The minimum atomic E-state index is -3.85. The van der Waals surface area contributed by atoms with Gasteiger partial charge in [-0.05, 0) is 76.0 Å². The summed E-state index contributed by atoms with van der Waals surface area (Å²) in [6.45, 7) is 9.85. The molecule has 12 nitrogen and oxygen atoms in total. The third kappa shape index (κ3) is 7.97. The number of rotatable bonds is 15. The molecule has 0 spiro atoms. The molecular weight excluding hydrogens is 655 g/mol. The quantitative estimate of drug-likeness (QED) is 0.180. The Morgan fingerprint density at radius 1 is 1.15 bits per heavy atom. The molecule has 0 radical (unpaired) electrons. The number of carbonyl (C=O) groups excluding carboxylic acids is 4. The highest BCUT2D eigenvalue weighted by Crippen LogP contribution is 2.46. The van der Waals surface area contributed by atoms with E-state index in [0.717, 1.165) is 35.4 Å². The number of nitrogens with zero attached hydrogens (tertiary/aromatic N) is 2. The van der Waals surface area contributed by atoms with E-state index >= 15 is 0 Å². The van der Waals surface area contributed by atoms with Crippen LogP contribution in [0.1, 0.15) is 56.9 Å². The summed E-state index contributed by atoms with van der Waals surface area (Å²) in [7, 11) is -2.18. The van der Waals surface area contributed by atoms with Crippen LogP contribution in [-0.4, -0.2) is 72.6 Å². The Hall–Kier alpha value is -4.04. The van der Waals surface area contributed by atoms with Crippen molar-refractivity contribution in [3.05, 3.63) is 60.6 Å². The summed E-state index contributed by atoms with van der Waals surface area (Å²) in [5.74, 6) is -3.88. The molecular formula is C34H43N5O7S2. The van der Waals surface area contributed by atoms with Crippen molar-refractivity contribution in [1.29, 1.82) is 0 Å². The highest BCUT2D eigenvalue weighted by molar-refractivity contribution is 7.91. The number of amides is 4. The molecule has 0 bridgehead atoms. The molecule has 1 aromatic heterocycles. The molecule has 1 heterocycles.